The zero-order chi connectivity index (χ0) is 12.4. The summed E-state index contributed by atoms with van der Waals surface area (Å²) in [6.45, 7) is 7.78. The van der Waals surface area contributed by atoms with Crippen molar-refractivity contribution < 1.29 is 0 Å². The molecule has 3 rings (SSSR count). The SMILES string of the molecule is CC1CN2CCCCC2CN1CC1CC=CCC1. The van der Waals surface area contributed by atoms with Crippen molar-refractivity contribution in [2.45, 2.75) is 57.5 Å². The maximum atomic E-state index is 2.79. The summed E-state index contributed by atoms with van der Waals surface area (Å²) in [6, 6.07) is 1.64. The molecule has 2 aliphatic heterocycles. The summed E-state index contributed by atoms with van der Waals surface area (Å²) in [5, 5.41) is 0. The number of nitrogens with zero attached hydrogens (tertiary/aromatic N) is 2. The summed E-state index contributed by atoms with van der Waals surface area (Å²) in [5.74, 6) is 0.924. The Kier molecular flexibility index (Phi) is 4.05. The van der Waals surface area contributed by atoms with Crippen LogP contribution in [0.4, 0.5) is 0 Å². The lowest BCUT2D eigenvalue weighted by Crippen LogP contribution is -2.59. The third-order valence-corrected chi connectivity index (χ3v) is 5.19. The van der Waals surface area contributed by atoms with Crippen LogP contribution in [0.2, 0.25) is 0 Å². The van der Waals surface area contributed by atoms with Crippen LogP contribution in [0.3, 0.4) is 0 Å². The number of hydrogen-bond acceptors (Lipinski definition) is 2. The lowest BCUT2D eigenvalue weighted by atomic mass is 9.91. The molecule has 0 spiro atoms. The van der Waals surface area contributed by atoms with Crippen LogP contribution in [0.1, 0.15) is 45.4 Å². The van der Waals surface area contributed by atoms with Gasteiger partial charge in [0.05, 0.1) is 0 Å². The second-order valence-electron chi connectivity index (χ2n) is 6.60. The van der Waals surface area contributed by atoms with Crippen molar-refractivity contribution in [2.75, 3.05) is 26.2 Å². The van der Waals surface area contributed by atoms with Gasteiger partial charge in [0.15, 0.2) is 0 Å². The van der Waals surface area contributed by atoms with Crippen LogP contribution in [0.25, 0.3) is 0 Å². The fourth-order valence-electron chi connectivity index (χ4n) is 4.02. The van der Waals surface area contributed by atoms with Crippen molar-refractivity contribution in [3.63, 3.8) is 0 Å². The summed E-state index contributed by atoms with van der Waals surface area (Å²) in [4.78, 5) is 5.54. The van der Waals surface area contributed by atoms with Gasteiger partial charge < -0.3 is 0 Å². The summed E-state index contributed by atoms with van der Waals surface area (Å²) in [7, 11) is 0. The highest BCUT2D eigenvalue weighted by molar-refractivity contribution is 4.94. The number of rotatable bonds is 2. The molecular formula is C16H28N2. The lowest BCUT2D eigenvalue weighted by molar-refractivity contribution is 0.00707. The van der Waals surface area contributed by atoms with E-state index in [1.165, 1.54) is 64.7 Å². The van der Waals surface area contributed by atoms with E-state index >= 15 is 0 Å². The van der Waals surface area contributed by atoms with Gasteiger partial charge in [0, 0.05) is 31.7 Å². The fraction of sp³-hybridized carbons (Fsp3) is 0.875. The van der Waals surface area contributed by atoms with E-state index in [1.807, 2.05) is 0 Å². The molecule has 0 saturated carbocycles. The van der Waals surface area contributed by atoms with Crippen molar-refractivity contribution in [1.82, 2.24) is 9.80 Å². The van der Waals surface area contributed by atoms with Crippen LogP contribution in [0.5, 0.6) is 0 Å². The van der Waals surface area contributed by atoms with Crippen molar-refractivity contribution >= 4 is 0 Å². The minimum atomic E-state index is 0.769. The van der Waals surface area contributed by atoms with E-state index in [9.17, 15) is 0 Å². The minimum absolute atomic E-state index is 0.769. The van der Waals surface area contributed by atoms with Crippen molar-refractivity contribution in [1.29, 1.82) is 0 Å². The Hall–Kier alpha value is -0.340. The summed E-state index contributed by atoms with van der Waals surface area (Å²) < 4.78 is 0. The molecule has 3 aliphatic rings. The third kappa shape index (κ3) is 2.80. The molecule has 102 valence electrons. The molecule has 0 amide bonds. The quantitative estimate of drug-likeness (QED) is 0.693. The van der Waals surface area contributed by atoms with Crippen LogP contribution in [-0.4, -0.2) is 48.1 Å². The molecule has 2 saturated heterocycles. The van der Waals surface area contributed by atoms with Crippen LogP contribution in [0, 0.1) is 5.92 Å². The van der Waals surface area contributed by atoms with Crippen LogP contribution >= 0.6 is 0 Å². The zero-order valence-corrected chi connectivity index (χ0v) is 11.9. The van der Waals surface area contributed by atoms with Gasteiger partial charge >= 0.3 is 0 Å². The van der Waals surface area contributed by atoms with Gasteiger partial charge in [-0.1, -0.05) is 18.6 Å². The first-order valence-electron chi connectivity index (χ1n) is 7.96. The number of piperidine rings is 1. The topological polar surface area (TPSA) is 6.48 Å². The second-order valence-corrected chi connectivity index (χ2v) is 6.60. The normalized spacial score (nSPS) is 38.6. The lowest BCUT2D eigenvalue weighted by Gasteiger charge is -2.48. The first-order chi connectivity index (χ1) is 8.83. The molecule has 0 bridgehead atoms. The van der Waals surface area contributed by atoms with Gasteiger partial charge in [-0.25, -0.2) is 0 Å². The zero-order valence-electron chi connectivity index (χ0n) is 11.9. The van der Waals surface area contributed by atoms with Gasteiger partial charge in [-0.3, -0.25) is 9.80 Å². The smallest absolute Gasteiger partial charge is 0.0223 e. The van der Waals surface area contributed by atoms with Crippen LogP contribution < -0.4 is 0 Å². The van der Waals surface area contributed by atoms with Gasteiger partial charge in [-0.15, -0.1) is 0 Å². The van der Waals surface area contributed by atoms with Gasteiger partial charge in [-0.2, -0.15) is 0 Å². The van der Waals surface area contributed by atoms with E-state index < -0.39 is 0 Å². The van der Waals surface area contributed by atoms with E-state index in [1.54, 1.807) is 0 Å². The minimum Gasteiger partial charge on any atom is -0.298 e. The van der Waals surface area contributed by atoms with E-state index in [-0.39, 0.29) is 0 Å². The molecule has 1 aliphatic carbocycles. The molecule has 3 unspecified atom stereocenters. The molecule has 2 fully saturated rings. The Bertz CT molecular complexity index is 299. The van der Waals surface area contributed by atoms with E-state index in [4.69, 9.17) is 0 Å². The molecule has 2 heteroatoms. The van der Waals surface area contributed by atoms with Gasteiger partial charge in [0.1, 0.15) is 0 Å². The second kappa shape index (κ2) is 5.75. The molecule has 0 N–H and O–H groups in total. The molecule has 3 atom stereocenters. The molecule has 18 heavy (non-hydrogen) atoms. The molecule has 0 radical (unpaired) electrons. The van der Waals surface area contributed by atoms with Crippen LogP contribution in [0.15, 0.2) is 12.2 Å². The fourth-order valence-corrected chi connectivity index (χ4v) is 4.02. The molecule has 2 nitrogen and oxygen atoms in total. The Balaban J connectivity index is 1.56. The molecule has 0 aromatic heterocycles. The van der Waals surface area contributed by atoms with E-state index in [0.717, 1.165) is 18.0 Å². The summed E-state index contributed by atoms with van der Waals surface area (Å²) in [6.07, 6.45) is 13.1. The van der Waals surface area contributed by atoms with Crippen molar-refractivity contribution in [2.24, 2.45) is 5.92 Å². The Morgan fingerprint density at radius 2 is 2.06 bits per heavy atom. The number of piperazine rings is 1. The van der Waals surface area contributed by atoms with Gasteiger partial charge in [0.25, 0.3) is 0 Å². The predicted molar refractivity (Wildman–Crippen MR) is 76.7 cm³/mol. The highest BCUT2D eigenvalue weighted by Crippen LogP contribution is 2.26. The summed E-state index contributed by atoms with van der Waals surface area (Å²) in [5.41, 5.74) is 0. The van der Waals surface area contributed by atoms with E-state index in [0.29, 0.717) is 0 Å². The first-order valence-corrected chi connectivity index (χ1v) is 7.96. The summed E-state index contributed by atoms with van der Waals surface area (Å²) >= 11 is 0. The Morgan fingerprint density at radius 1 is 1.11 bits per heavy atom. The maximum absolute atomic E-state index is 2.79. The standard InChI is InChI=1S/C16H28N2/c1-14-11-17-10-6-5-9-16(17)13-18(14)12-15-7-3-2-4-8-15/h2-3,14-16H,4-13H2,1H3. The molecule has 0 aromatic rings. The average molecular weight is 248 g/mol. The highest BCUT2D eigenvalue weighted by atomic mass is 15.3. The predicted octanol–water partition coefficient (Wildman–Crippen LogP) is 2.90. The maximum Gasteiger partial charge on any atom is 0.0223 e. The van der Waals surface area contributed by atoms with Crippen LogP contribution in [-0.2, 0) is 0 Å². The number of allylic oxidation sites excluding steroid dienone is 2. The first kappa shape index (κ1) is 12.7. The highest BCUT2D eigenvalue weighted by Gasteiger charge is 2.33. The molecular weight excluding hydrogens is 220 g/mol. The number of fused-ring (bicyclic) bond motifs is 1. The van der Waals surface area contributed by atoms with Gasteiger partial charge in [-0.05, 0) is 51.5 Å². The van der Waals surface area contributed by atoms with E-state index in [2.05, 4.69) is 28.9 Å². The Morgan fingerprint density at radius 3 is 2.89 bits per heavy atom. The molecule has 0 aromatic carbocycles. The average Bonchev–Trinajstić information content (AvgIpc) is 2.41. The largest absolute Gasteiger partial charge is 0.298 e. The third-order valence-electron chi connectivity index (χ3n) is 5.19. The monoisotopic (exact) mass is 248 g/mol. The Labute approximate surface area is 112 Å². The van der Waals surface area contributed by atoms with Crippen molar-refractivity contribution in [3.8, 4) is 0 Å². The van der Waals surface area contributed by atoms with Crippen molar-refractivity contribution in [3.05, 3.63) is 12.2 Å². The van der Waals surface area contributed by atoms with Gasteiger partial charge in [0.2, 0.25) is 0 Å². The number of hydrogen-bond donors (Lipinski definition) is 0. The molecule has 2 heterocycles.